The maximum Gasteiger partial charge on any atom is 0.0952 e. The van der Waals surface area contributed by atoms with Crippen LogP contribution in [0, 0.1) is 15.4 Å². The normalized spacial score (nSPS) is 12.5. The van der Waals surface area contributed by atoms with E-state index in [9.17, 15) is 5.11 Å². The number of hydrogen-bond donors (Lipinski definition) is 1. The Bertz CT molecular complexity index is 323. The van der Waals surface area contributed by atoms with E-state index >= 15 is 0 Å². The second-order valence-electron chi connectivity index (χ2n) is 4.61. The van der Waals surface area contributed by atoms with Gasteiger partial charge in [0.1, 0.15) is 0 Å². The van der Waals surface area contributed by atoms with Gasteiger partial charge in [0.15, 0.2) is 0 Å². The molecule has 0 spiro atoms. The lowest BCUT2D eigenvalue weighted by Gasteiger charge is -2.37. The Morgan fingerprint density at radius 1 is 1.07 bits per heavy atom. The van der Waals surface area contributed by atoms with Gasteiger partial charge in [-0.3, -0.25) is 0 Å². The predicted molar refractivity (Wildman–Crippen MR) is 72.7 cm³/mol. The highest BCUT2D eigenvalue weighted by Crippen LogP contribution is 2.38. The van der Waals surface area contributed by atoms with Gasteiger partial charge in [0.05, 0.1) is 5.60 Å². The average Bonchev–Trinajstić information content (AvgIpc) is 2.16. The largest absolute Gasteiger partial charge is 0.385 e. The van der Waals surface area contributed by atoms with E-state index in [1.165, 1.54) is 0 Å². The molecule has 0 atom stereocenters. The molecule has 0 saturated carbocycles. The van der Waals surface area contributed by atoms with Crippen molar-refractivity contribution in [1.29, 1.82) is 0 Å². The van der Waals surface area contributed by atoms with Crippen molar-refractivity contribution in [3.63, 3.8) is 0 Å². The van der Waals surface area contributed by atoms with Crippen molar-refractivity contribution in [3.05, 3.63) is 33.4 Å². The van der Waals surface area contributed by atoms with Crippen molar-refractivity contribution in [2.24, 2.45) is 11.8 Å². The Hall–Kier alpha value is -0.0900. The molecule has 0 heterocycles. The second kappa shape index (κ2) is 4.83. The van der Waals surface area contributed by atoms with Crippen molar-refractivity contribution in [1.82, 2.24) is 0 Å². The molecule has 0 fully saturated rings. The summed E-state index contributed by atoms with van der Waals surface area (Å²) in [5.74, 6) is 0.432. The third kappa shape index (κ3) is 2.36. The number of aliphatic hydroxyl groups is 1. The highest BCUT2D eigenvalue weighted by atomic mass is 127. The summed E-state index contributed by atoms with van der Waals surface area (Å²) >= 11 is 2.29. The standard InChI is InChI=1S/C13H19IO/c1-9(2)13(15,10(3)4)11-7-5-6-8-12(11)14/h5-10,15H,1-4H3. The van der Waals surface area contributed by atoms with Crippen LogP contribution in [0.2, 0.25) is 0 Å². The van der Waals surface area contributed by atoms with Gasteiger partial charge in [0, 0.05) is 3.57 Å². The van der Waals surface area contributed by atoms with Gasteiger partial charge in [-0.05, 0) is 46.1 Å². The molecular formula is C13H19IO. The van der Waals surface area contributed by atoms with Crippen molar-refractivity contribution < 1.29 is 5.11 Å². The Labute approximate surface area is 106 Å². The molecule has 0 amide bonds. The Morgan fingerprint density at radius 2 is 1.53 bits per heavy atom. The summed E-state index contributed by atoms with van der Waals surface area (Å²) in [5.41, 5.74) is 0.327. The van der Waals surface area contributed by atoms with E-state index in [2.05, 4.69) is 50.3 Å². The summed E-state index contributed by atoms with van der Waals surface area (Å²) in [4.78, 5) is 0. The lowest BCUT2D eigenvalue weighted by molar-refractivity contribution is -0.0538. The fraction of sp³-hybridized carbons (Fsp3) is 0.538. The molecule has 84 valence electrons. The molecule has 0 aliphatic rings. The molecule has 0 bridgehead atoms. The molecule has 0 aliphatic carbocycles. The molecule has 0 saturated heterocycles. The number of rotatable bonds is 3. The molecule has 0 unspecified atom stereocenters. The topological polar surface area (TPSA) is 20.2 Å². The smallest absolute Gasteiger partial charge is 0.0952 e. The minimum absolute atomic E-state index is 0.216. The van der Waals surface area contributed by atoms with Gasteiger partial charge >= 0.3 is 0 Å². The highest BCUT2D eigenvalue weighted by molar-refractivity contribution is 14.1. The predicted octanol–water partition coefficient (Wildman–Crippen LogP) is 3.79. The lowest BCUT2D eigenvalue weighted by Crippen LogP contribution is -2.38. The maximum absolute atomic E-state index is 10.8. The maximum atomic E-state index is 10.8. The molecule has 0 radical (unpaired) electrons. The lowest BCUT2D eigenvalue weighted by atomic mass is 9.75. The van der Waals surface area contributed by atoms with Gasteiger partial charge in [-0.15, -0.1) is 0 Å². The van der Waals surface area contributed by atoms with Crippen molar-refractivity contribution >= 4 is 22.6 Å². The first-order valence-electron chi connectivity index (χ1n) is 5.38. The van der Waals surface area contributed by atoms with Gasteiger partial charge in [-0.2, -0.15) is 0 Å². The highest BCUT2D eigenvalue weighted by Gasteiger charge is 2.37. The van der Waals surface area contributed by atoms with Crippen LogP contribution >= 0.6 is 22.6 Å². The molecule has 1 N–H and O–H groups in total. The third-order valence-electron chi connectivity index (χ3n) is 3.07. The molecular weight excluding hydrogens is 299 g/mol. The molecule has 1 rings (SSSR count). The minimum Gasteiger partial charge on any atom is -0.385 e. The quantitative estimate of drug-likeness (QED) is 0.841. The zero-order chi connectivity index (χ0) is 11.6. The zero-order valence-corrected chi connectivity index (χ0v) is 11.9. The van der Waals surface area contributed by atoms with Gasteiger partial charge in [-0.25, -0.2) is 0 Å². The van der Waals surface area contributed by atoms with Crippen LogP contribution in [0.3, 0.4) is 0 Å². The summed E-state index contributed by atoms with van der Waals surface area (Å²) in [6.07, 6.45) is 0. The molecule has 1 aromatic carbocycles. The molecule has 0 aromatic heterocycles. The van der Waals surface area contributed by atoms with Crippen LogP contribution in [-0.4, -0.2) is 5.11 Å². The van der Waals surface area contributed by atoms with Crippen LogP contribution in [0.1, 0.15) is 33.3 Å². The Kier molecular flexibility index (Phi) is 4.18. The molecule has 1 nitrogen and oxygen atoms in total. The summed E-state index contributed by atoms with van der Waals surface area (Å²) < 4.78 is 1.14. The summed E-state index contributed by atoms with van der Waals surface area (Å²) in [5, 5.41) is 10.8. The van der Waals surface area contributed by atoms with E-state index < -0.39 is 5.60 Å². The van der Waals surface area contributed by atoms with Gasteiger partial charge in [0.2, 0.25) is 0 Å². The Morgan fingerprint density at radius 3 is 1.93 bits per heavy atom. The second-order valence-corrected chi connectivity index (χ2v) is 5.78. The van der Waals surface area contributed by atoms with Crippen LogP contribution in [0.5, 0.6) is 0 Å². The van der Waals surface area contributed by atoms with Crippen LogP contribution in [-0.2, 0) is 5.60 Å². The summed E-state index contributed by atoms with van der Waals surface area (Å²) in [7, 11) is 0. The molecule has 2 heteroatoms. The van der Waals surface area contributed by atoms with Crippen molar-refractivity contribution in [2.75, 3.05) is 0 Å². The van der Waals surface area contributed by atoms with E-state index in [-0.39, 0.29) is 11.8 Å². The fourth-order valence-electron chi connectivity index (χ4n) is 2.07. The first-order valence-corrected chi connectivity index (χ1v) is 6.46. The van der Waals surface area contributed by atoms with E-state index in [1.54, 1.807) is 0 Å². The van der Waals surface area contributed by atoms with Crippen LogP contribution in [0.15, 0.2) is 24.3 Å². The van der Waals surface area contributed by atoms with Crippen molar-refractivity contribution in [2.45, 2.75) is 33.3 Å². The van der Waals surface area contributed by atoms with E-state index in [4.69, 9.17) is 0 Å². The third-order valence-corrected chi connectivity index (χ3v) is 4.01. The summed E-state index contributed by atoms with van der Waals surface area (Å²) in [6.45, 7) is 8.29. The number of benzene rings is 1. The van der Waals surface area contributed by atoms with E-state index in [1.807, 2.05) is 24.3 Å². The monoisotopic (exact) mass is 318 g/mol. The van der Waals surface area contributed by atoms with E-state index in [0.717, 1.165) is 9.13 Å². The van der Waals surface area contributed by atoms with Crippen molar-refractivity contribution in [3.8, 4) is 0 Å². The molecule has 1 aromatic rings. The van der Waals surface area contributed by atoms with Gasteiger partial charge in [-0.1, -0.05) is 45.9 Å². The number of hydrogen-bond acceptors (Lipinski definition) is 1. The first kappa shape index (κ1) is 13.0. The first-order chi connectivity index (χ1) is 6.90. The van der Waals surface area contributed by atoms with Gasteiger partial charge < -0.3 is 5.11 Å². The Balaban J connectivity index is 3.28. The SMILES string of the molecule is CC(C)C(O)(c1ccccc1I)C(C)C. The minimum atomic E-state index is -0.724. The molecule has 15 heavy (non-hydrogen) atoms. The van der Waals surface area contributed by atoms with E-state index in [0.29, 0.717) is 0 Å². The average molecular weight is 318 g/mol. The summed E-state index contributed by atoms with van der Waals surface area (Å²) in [6, 6.07) is 8.08. The van der Waals surface area contributed by atoms with Crippen LogP contribution in [0.25, 0.3) is 0 Å². The van der Waals surface area contributed by atoms with Gasteiger partial charge in [0.25, 0.3) is 0 Å². The zero-order valence-electron chi connectivity index (χ0n) is 9.79. The fourth-order valence-corrected chi connectivity index (χ4v) is 2.89. The van der Waals surface area contributed by atoms with Crippen LogP contribution < -0.4 is 0 Å². The van der Waals surface area contributed by atoms with Crippen LogP contribution in [0.4, 0.5) is 0 Å². The number of halogens is 1. The molecule has 0 aliphatic heterocycles.